The molecule has 14 N–H and O–H groups in total. The van der Waals surface area contributed by atoms with Gasteiger partial charge in [0.2, 0.25) is 0 Å². The van der Waals surface area contributed by atoms with Gasteiger partial charge in [0.1, 0.15) is 61.2 Å². The lowest BCUT2D eigenvalue weighted by Crippen LogP contribution is -2.72. The lowest BCUT2D eigenvalue weighted by molar-refractivity contribution is -0.375. The van der Waals surface area contributed by atoms with Gasteiger partial charge in [0, 0.05) is 4.91 Å². The average molecular weight is 542 g/mol. The number of aliphatic hydroxyl groups is 8. The largest absolute Gasteiger partial charge is 0.394 e. The van der Waals surface area contributed by atoms with Gasteiger partial charge in [0.25, 0.3) is 5.91 Å². The van der Waals surface area contributed by atoms with E-state index >= 15 is 0 Å². The Hall–Kier alpha value is -1.62. The van der Waals surface area contributed by atoms with Crippen LogP contribution in [0.4, 0.5) is 0 Å². The second-order valence-corrected chi connectivity index (χ2v) is 8.60. The van der Waals surface area contributed by atoms with Crippen molar-refractivity contribution < 1.29 is 64.6 Å². The van der Waals surface area contributed by atoms with Crippen LogP contribution in [-0.4, -0.2) is 152 Å². The van der Waals surface area contributed by atoms with E-state index in [2.05, 4.69) is 10.0 Å². The lowest BCUT2D eigenvalue weighted by Gasteiger charge is -2.50. The van der Waals surface area contributed by atoms with Gasteiger partial charge in [-0.2, -0.15) is 0 Å². The molecule has 0 bridgehead atoms. The Morgan fingerprint density at radius 1 is 1.08 bits per heavy atom. The third-order valence-electron chi connectivity index (χ3n) is 6.16. The highest BCUT2D eigenvalue weighted by molar-refractivity contribution is 5.58. The fraction of sp³-hybridized carbons (Fsp3) is 0.944. The average Bonchev–Trinajstić information content (AvgIpc) is 2.90. The van der Waals surface area contributed by atoms with Crippen LogP contribution in [0.2, 0.25) is 0 Å². The van der Waals surface area contributed by atoms with E-state index in [1.165, 1.54) is 0 Å². The quantitative estimate of drug-likeness (QED) is 0.0472. The van der Waals surface area contributed by atoms with Crippen molar-refractivity contribution in [2.45, 2.75) is 85.3 Å². The van der Waals surface area contributed by atoms with Gasteiger partial charge in [-0.25, -0.2) is 0 Å². The van der Waals surface area contributed by atoms with Crippen LogP contribution in [0, 0.1) is 0 Å². The molecule has 0 aromatic rings. The smallest absolute Gasteiger partial charge is 0.268 e. The maximum Gasteiger partial charge on any atom is 0.268 e. The number of azide groups is 1. The Morgan fingerprint density at radius 2 is 1.70 bits per heavy atom. The summed E-state index contributed by atoms with van der Waals surface area (Å²) in [7, 11) is 0. The summed E-state index contributed by atoms with van der Waals surface area (Å²) in [5.41, 5.74) is 26.5. The van der Waals surface area contributed by atoms with Crippen LogP contribution in [0.3, 0.4) is 0 Å². The van der Waals surface area contributed by atoms with Gasteiger partial charge in [-0.3, -0.25) is 0 Å². The summed E-state index contributed by atoms with van der Waals surface area (Å²) < 4.78 is 21.9. The molecule has 19 heteroatoms. The maximum atomic E-state index is 11.0. The summed E-state index contributed by atoms with van der Waals surface area (Å²) in [4.78, 5) is 13.6. The minimum atomic E-state index is -2.76. The van der Waals surface area contributed by atoms with E-state index in [0.29, 0.717) is 0 Å². The second kappa shape index (κ2) is 13.4. The molecule has 214 valence electrons. The molecule has 0 unspecified atom stereocenters. The minimum Gasteiger partial charge on any atom is -0.394 e. The van der Waals surface area contributed by atoms with Gasteiger partial charge in [-0.1, -0.05) is 0 Å². The third kappa shape index (κ3) is 6.52. The van der Waals surface area contributed by atoms with Crippen LogP contribution in [0.5, 0.6) is 0 Å². The molecular weight excluding hydrogens is 508 g/mol. The van der Waals surface area contributed by atoms with E-state index < -0.39 is 105 Å². The number of hydrogen-bond acceptors (Lipinski definition) is 17. The van der Waals surface area contributed by atoms with Crippen molar-refractivity contribution in [3.05, 3.63) is 10.4 Å². The number of aliphatic hydroxyl groups excluding tert-OH is 8. The van der Waals surface area contributed by atoms with Crippen LogP contribution in [0.25, 0.3) is 10.4 Å². The van der Waals surface area contributed by atoms with Crippen LogP contribution >= 0.6 is 0 Å². The van der Waals surface area contributed by atoms with Crippen LogP contribution in [0.15, 0.2) is 5.11 Å². The van der Waals surface area contributed by atoms with Gasteiger partial charge >= 0.3 is 0 Å². The highest BCUT2D eigenvalue weighted by atomic mass is 16.8. The Morgan fingerprint density at radius 3 is 2.22 bits per heavy atom. The SMILES string of the molecule is [N-]=[N+]=N[C@]1(O[C@@H]([C@H](O)[C@@H](N)C=O)[C@H](O)CO)O[C@H](CO)[C@@H](O[C@@H]2O[C@H](CO)[C@@H](O)[C@H](O)[C@H]2N)[C@H](O)[C@H]1N. The van der Waals surface area contributed by atoms with Gasteiger partial charge in [0.05, 0.1) is 37.9 Å². The first-order chi connectivity index (χ1) is 17.4. The molecule has 2 rings (SSSR count). The molecule has 2 heterocycles. The highest BCUT2D eigenvalue weighted by Crippen LogP contribution is 2.36. The third-order valence-corrected chi connectivity index (χ3v) is 6.16. The van der Waals surface area contributed by atoms with Crippen molar-refractivity contribution in [2.24, 2.45) is 22.3 Å². The van der Waals surface area contributed by atoms with Crippen LogP contribution in [-0.2, 0) is 23.7 Å². The summed E-state index contributed by atoms with van der Waals surface area (Å²) in [5, 5.41) is 83.5. The van der Waals surface area contributed by atoms with Crippen LogP contribution < -0.4 is 17.2 Å². The normalized spacial score (nSPS) is 41.8. The maximum absolute atomic E-state index is 11.0. The monoisotopic (exact) mass is 542 g/mol. The Labute approximate surface area is 209 Å². The predicted octanol–water partition coefficient (Wildman–Crippen LogP) is -7.19. The number of aldehydes is 1. The summed E-state index contributed by atoms with van der Waals surface area (Å²) in [6.45, 7) is -2.70. The first-order valence-electron chi connectivity index (χ1n) is 11.1. The van der Waals surface area contributed by atoms with E-state index in [0.717, 1.165) is 0 Å². The lowest BCUT2D eigenvalue weighted by atomic mass is 9.93. The molecule has 2 fully saturated rings. The molecule has 0 aromatic heterocycles. The number of carbonyl (C=O) groups excluding carboxylic acids is 1. The number of nitrogens with zero attached hydrogens (tertiary/aromatic N) is 3. The molecule has 0 spiro atoms. The van der Waals surface area contributed by atoms with E-state index in [4.69, 9.17) is 41.7 Å². The minimum absolute atomic E-state index is 0.112. The number of rotatable bonds is 12. The topological polar surface area (TPSA) is 343 Å². The van der Waals surface area contributed by atoms with Crippen molar-refractivity contribution in [3.8, 4) is 0 Å². The van der Waals surface area contributed by atoms with Crippen molar-refractivity contribution >= 4 is 6.29 Å². The molecule has 2 aliphatic heterocycles. The van der Waals surface area contributed by atoms with Gasteiger partial charge < -0.3 is 81.8 Å². The number of nitrogens with two attached hydrogens (primary N) is 3. The summed E-state index contributed by atoms with van der Waals surface area (Å²) >= 11 is 0. The molecule has 14 atom stereocenters. The highest BCUT2D eigenvalue weighted by Gasteiger charge is 2.58. The standard InChI is InChI=1S/C18H34N6O13/c19-5(1-25)10(30)14(6(29)2-26)37-18(23-24-22)16(21)13(33)15(8(4-28)36-18)35-17-9(20)12(32)11(31)7(3-27)34-17/h1,5-17,26-33H,2-4,19-21H2/t5-,6+,7+,8+,9+,10+,11+,12+,13-,14+,15+,16+,17-,18-/m0/s1. The second-order valence-electron chi connectivity index (χ2n) is 8.60. The van der Waals surface area contributed by atoms with E-state index in [-0.39, 0.29) is 6.29 Å². The molecule has 37 heavy (non-hydrogen) atoms. The summed E-state index contributed by atoms with van der Waals surface area (Å²) in [6.07, 6.45) is -17.0. The molecule has 0 amide bonds. The zero-order valence-electron chi connectivity index (χ0n) is 19.4. The Bertz CT molecular complexity index is 791. The fourth-order valence-electron chi connectivity index (χ4n) is 3.95. The Balaban J connectivity index is 2.38. The molecule has 0 saturated carbocycles. The van der Waals surface area contributed by atoms with Crippen LogP contribution in [0.1, 0.15) is 0 Å². The number of hydrogen-bond donors (Lipinski definition) is 11. The molecule has 2 aliphatic rings. The zero-order valence-corrected chi connectivity index (χ0v) is 19.4. The molecule has 19 nitrogen and oxygen atoms in total. The van der Waals surface area contributed by atoms with E-state index in [1.54, 1.807) is 0 Å². The first-order valence-corrected chi connectivity index (χ1v) is 11.1. The predicted molar refractivity (Wildman–Crippen MR) is 116 cm³/mol. The molecule has 0 aromatic carbocycles. The first kappa shape index (κ1) is 31.6. The fourth-order valence-corrected chi connectivity index (χ4v) is 3.95. The summed E-state index contributed by atoms with van der Waals surface area (Å²) in [5.74, 6) is -2.76. The van der Waals surface area contributed by atoms with Crippen molar-refractivity contribution in [2.75, 3.05) is 19.8 Å². The zero-order chi connectivity index (χ0) is 28.1. The van der Waals surface area contributed by atoms with Crippen molar-refractivity contribution in [1.82, 2.24) is 0 Å². The molecular formula is C18H34N6O13. The molecule has 0 aliphatic carbocycles. The number of carbonyl (C=O) groups is 1. The van der Waals surface area contributed by atoms with Crippen molar-refractivity contribution in [1.29, 1.82) is 0 Å². The van der Waals surface area contributed by atoms with Gasteiger partial charge in [-0.05, 0) is 10.6 Å². The van der Waals surface area contributed by atoms with Crippen molar-refractivity contribution in [3.63, 3.8) is 0 Å². The molecule has 2 saturated heterocycles. The number of ether oxygens (including phenoxy) is 4. The van der Waals surface area contributed by atoms with E-state index in [1.807, 2.05) is 0 Å². The van der Waals surface area contributed by atoms with Gasteiger partial charge in [-0.15, -0.1) is 0 Å². The summed E-state index contributed by atoms with van der Waals surface area (Å²) in [6, 6.07) is -4.92. The Kier molecular flexibility index (Phi) is 11.5. The van der Waals surface area contributed by atoms with E-state index in [9.17, 15) is 45.6 Å². The molecule has 0 radical (unpaired) electrons. The van der Waals surface area contributed by atoms with Gasteiger partial charge in [0.15, 0.2) is 6.29 Å².